The van der Waals surface area contributed by atoms with E-state index in [1.165, 1.54) is 0 Å². The lowest BCUT2D eigenvalue weighted by Gasteiger charge is -2.09. The molecule has 0 radical (unpaired) electrons. The fourth-order valence-electron chi connectivity index (χ4n) is 3.14. The quantitative estimate of drug-likeness (QED) is 0.798. The first-order valence-corrected chi connectivity index (χ1v) is 8.21. The number of aryl methyl sites for hydroxylation is 1. The van der Waals surface area contributed by atoms with E-state index in [1.54, 1.807) is 24.3 Å². The van der Waals surface area contributed by atoms with Crippen molar-refractivity contribution in [1.29, 1.82) is 5.26 Å². The molecule has 1 aliphatic heterocycles. The van der Waals surface area contributed by atoms with Crippen molar-refractivity contribution >= 4 is 11.6 Å². The van der Waals surface area contributed by atoms with Gasteiger partial charge in [-0.05, 0) is 42.8 Å². The van der Waals surface area contributed by atoms with Crippen LogP contribution in [0.3, 0.4) is 0 Å². The molecule has 0 saturated heterocycles. The molecule has 0 bridgehead atoms. The summed E-state index contributed by atoms with van der Waals surface area (Å²) in [5.74, 6) is 0.933. The van der Waals surface area contributed by atoms with Crippen LogP contribution in [0.15, 0.2) is 54.7 Å². The number of aromatic nitrogens is 2. The molecule has 5 heteroatoms. The number of anilines is 1. The Balaban J connectivity index is 1.57. The first-order valence-electron chi connectivity index (χ1n) is 8.21. The van der Waals surface area contributed by atoms with Crippen LogP contribution in [0.1, 0.15) is 28.2 Å². The Bertz CT molecular complexity index is 980. The van der Waals surface area contributed by atoms with Gasteiger partial charge in [0.05, 0.1) is 23.5 Å². The normalized spacial score (nSPS) is 12.4. The predicted molar refractivity (Wildman–Crippen MR) is 95.1 cm³/mol. The Morgan fingerprint density at radius 3 is 2.84 bits per heavy atom. The lowest BCUT2D eigenvalue weighted by atomic mass is 10.1. The number of nitrogens with zero attached hydrogens (tertiary/aromatic N) is 3. The molecule has 5 nitrogen and oxygen atoms in total. The Morgan fingerprint density at radius 2 is 2.04 bits per heavy atom. The van der Waals surface area contributed by atoms with E-state index in [4.69, 9.17) is 5.26 Å². The van der Waals surface area contributed by atoms with Crippen molar-refractivity contribution in [3.8, 4) is 17.3 Å². The minimum Gasteiger partial charge on any atom is -0.328 e. The number of nitrogens with one attached hydrogen (secondary N) is 1. The minimum absolute atomic E-state index is 0.194. The Hall–Kier alpha value is -3.39. The van der Waals surface area contributed by atoms with Crippen LogP contribution in [0, 0.1) is 11.3 Å². The van der Waals surface area contributed by atoms with E-state index >= 15 is 0 Å². The first kappa shape index (κ1) is 15.2. The summed E-state index contributed by atoms with van der Waals surface area (Å²) in [4.78, 5) is 16.9. The monoisotopic (exact) mass is 328 g/mol. The second-order valence-electron chi connectivity index (χ2n) is 6.04. The van der Waals surface area contributed by atoms with Gasteiger partial charge in [0.25, 0.3) is 5.91 Å². The Labute approximate surface area is 145 Å². The van der Waals surface area contributed by atoms with Crippen molar-refractivity contribution < 1.29 is 4.79 Å². The number of carbonyl (C=O) groups excluding carboxylic acids is 1. The van der Waals surface area contributed by atoms with Crippen LogP contribution in [-0.4, -0.2) is 15.5 Å². The van der Waals surface area contributed by atoms with Gasteiger partial charge in [0, 0.05) is 29.8 Å². The van der Waals surface area contributed by atoms with Crippen molar-refractivity contribution in [2.75, 3.05) is 5.32 Å². The molecule has 2 aromatic carbocycles. The number of hydrogen-bond donors (Lipinski definition) is 1. The van der Waals surface area contributed by atoms with E-state index in [9.17, 15) is 4.79 Å². The molecule has 1 N–H and O–H groups in total. The molecule has 122 valence electrons. The van der Waals surface area contributed by atoms with Crippen molar-refractivity contribution in [1.82, 2.24) is 9.55 Å². The molecule has 1 aromatic heterocycles. The largest absolute Gasteiger partial charge is 0.328 e. The average Bonchev–Trinajstić information content (AvgIpc) is 3.25. The summed E-state index contributed by atoms with van der Waals surface area (Å²) >= 11 is 0. The van der Waals surface area contributed by atoms with E-state index in [1.807, 2.05) is 36.5 Å². The number of carbonyl (C=O) groups is 1. The highest BCUT2D eigenvalue weighted by Gasteiger charge is 2.16. The predicted octanol–water partition coefficient (Wildman–Crippen LogP) is 3.62. The lowest BCUT2D eigenvalue weighted by molar-refractivity contribution is 0.102. The van der Waals surface area contributed by atoms with Gasteiger partial charge < -0.3 is 9.88 Å². The molecule has 25 heavy (non-hydrogen) atoms. The third kappa shape index (κ3) is 2.90. The molecule has 0 unspecified atom stereocenters. The van der Waals surface area contributed by atoms with Crippen molar-refractivity contribution in [2.45, 2.75) is 19.4 Å². The van der Waals surface area contributed by atoms with Crippen LogP contribution in [0.2, 0.25) is 0 Å². The molecule has 0 spiro atoms. The molecule has 1 aliphatic rings. The zero-order valence-electron chi connectivity index (χ0n) is 13.6. The molecule has 1 amide bonds. The zero-order valence-corrected chi connectivity index (χ0v) is 13.6. The van der Waals surface area contributed by atoms with Crippen molar-refractivity contribution in [2.24, 2.45) is 0 Å². The van der Waals surface area contributed by atoms with Gasteiger partial charge in [-0.2, -0.15) is 5.26 Å². The molecular weight excluding hydrogens is 312 g/mol. The first-order chi connectivity index (χ1) is 12.2. The van der Waals surface area contributed by atoms with E-state index in [2.05, 4.69) is 14.9 Å². The summed E-state index contributed by atoms with van der Waals surface area (Å²) in [6.45, 7) is 0.993. The third-order valence-corrected chi connectivity index (χ3v) is 4.41. The Morgan fingerprint density at radius 1 is 1.20 bits per heavy atom. The maximum atomic E-state index is 12.4. The summed E-state index contributed by atoms with van der Waals surface area (Å²) in [6, 6.07) is 16.4. The molecule has 0 fully saturated rings. The standard InChI is InChI=1S/C20H16N4O/c21-12-14-6-8-15(9-7-14)20(25)23-17-4-1-3-16(11-17)18-13-22-19-5-2-10-24(18)19/h1,3-4,6-9,11,13H,2,5,10H2,(H,23,25). The lowest BCUT2D eigenvalue weighted by Crippen LogP contribution is -2.11. The van der Waals surface area contributed by atoms with Gasteiger partial charge in [0.2, 0.25) is 0 Å². The second-order valence-corrected chi connectivity index (χ2v) is 6.04. The van der Waals surface area contributed by atoms with Crippen LogP contribution in [0.4, 0.5) is 5.69 Å². The summed E-state index contributed by atoms with van der Waals surface area (Å²) in [5.41, 5.74) is 3.92. The molecule has 0 atom stereocenters. The van der Waals surface area contributed by atoms with Gasteiger partial charge in [-0.25, -0.2) is 4.98 Å². The van der Waals surface area contributed by atoms with E-state index in [0.29, 0.717) is 11.1 Å². The van der Waals surface area contributed by atoms with Gasteiger partial charge in [-0.1, -0.05) is 12.1 Å². The Kier molecular flexibility index (Phi) is 3.79. The highest BCUT2D eigenvalue weighted by atomic mass is 16.1. The fourth-order valence-corrected chi connectivity index (χ4v) is 3.14. The fraction of sp³-hybridized carbons (Fsp3) is 0.150. The summed E-state index contributed by atoms with van der Waals surface area (Å²) in [5, 5.41) is 11.7. The topological polar surface area (TPSA) is 70.7 Å². The number of fused-ring (bicyclic) bond motifs is 1. The molecule has 0 aliphatic carbocycles. The van der Waals surface area contributed by atoms with Crippen molar-refractivity contribution in [3.05, 3.63) is 71.7 Å². The average molecular weight is 328 g/mol. The van der Waals surface area contributed by atoms with E-state index < -0.39 is 0 Å². The molecule has 0 saturated carbocycles. The SMILES string of the molecule is N#Cc1ccc(C(=O)Nc2cccc(-c3cnc4n3CCC4)c2)cc1. The molecule has 2 heterocycles. The number of rotatable bonds is 3. The minimum atomic E-state index is -0.194. The number of imidazole rings is 1. The van der Waals surface area contributed by atoms with Crippen molar-refractivity contribution in [3.63, 3.8) is 0 Å². The highest BCUT2D eigenvalue weighted by molar-refractivity contribution is 6.04. The maximum Gasteiger partial charge on any atom is 0.255 e. The van der Waals surface area contributed by atoms with Gasteiger partial charge in [-0.15, -0.1) is 0 Å². The number of hydrogen-bond acceptors (Lipinski definition) is 3. The molecule has 3 aromatic rings. The van der Waals surface area contributed by atoms with Gasteiger partial charge in [-0.3, -0.25) is 4.79 Å². The summed E-state index contributed by atoms with van der Waals surface area (Å²) in [6.07, 6.45) is 4.05. The zero-order chi connectivity index (χ0) is 17.2. The van der Waals surface area contributed by atoms with E-state index in [-0.39, 0.29) is 5.91 Å². The smallest absolute Gasteiger partial charge is 0.255 e. The third-order valence-electron chi connectivity index (χ3n) is 4.41. The number of nitriles is 1. The van der Waals surface area contributed by atoms with Crippen LogP contribution in [-0.2, 0) is 13.0 Å². The molecular formula is C20H16N4O. The number of amides is 1. The van der Waals surface area contributed by atoms with Gasteiger partial charge in [0.15, 0.2) is 0 Å². The summed E-state index contributed by atoms with van der Waals surface area (Å²) < 4.78 is 2.24. The molecule has 4 rings (SSSR count). The maximum absolute atomic E-state index is 12.4. The van der Waals surface area contributed by atoms with E-state index in [0.717, 1.165) is 42.2 Å². The van der Waals surface area contributed by atoms with Crippen LogP contribution in [0.5, 0.6) is 0 Å². The van der Waals surface area contributed by atoms with Gasteiger partial charge in [0.1, 0.15) is 5.82 Å². The van der Waals surface area contributed by atoms with Crippen LogP contribution < -0.4 is 5.32 Å². The van der Waals surface area contributed by atoms with Gasteiger partial charge >= 0.3 is 0 Å². The second kappa shape index (κ2) is 6.25. The highest BCUT2D eigenvalue weighted by Crippen LogP contribution is 2.27. The summed E-state index contributed by atoms with van der Waals surface area (Å²) in [7, 11) is 0. The van der Waals surface area contributed by atoms with Crippen LogP contribution in [0.25, 0.3) is 11.3 Å². The van der Waals surface area contributed by atoms with Crippen LogP contribution >= 0.6 is 0 Å². The number of benzene rings is 2.